The smallest absolute Gasteiger partial charge is 0.255 e. The molecular formula is C34H29N3O4. The number of ether oxygens (including phenoxy) is 2. The number of aromatic nitrogens is 1. The van der Waals surface area contributed by atoms with Gasteiger partial charge < -0.3 is 24.7 Å². The van der Waals surface area contributed by atoms with Crippen molar-refractivity contribution in [3.63, 3.8) is 0 Å². The van der Waals surface area contributed by atoms with Crippen molar-refractivity contribution in [2.75, 3.05) is 6.79 Å². The van der Waals surface area contributed by atoms with Gasteiger partial charge in [-0.05, 0) is 54.8 Å². The first-order valence-corrected chi connectivity index (χ1v) is 13.7. The topological polar surface area (TPSA) is 83.7 Å². The Morgan fingerprint density at radius 2 is 1.73 bits per heavy atom. The van der Waals surface area contributed by atoms with Crippen LogP contribution >= 0.6 is 0 Å². The average Bonchev–Trinajstić information content (AvgIpc) is 3.70. The fourth-order valence-corrected chi connectivity index (χ4v) is 5.94. The van der Waals surface area contributed by atoms with Gasteiger partial charge in [-0.1, -0.05) is 72.3 Å². The number of fused-ring (bicyclic) bond motifs is 3. The molecule has 7 nitrogen and oxygen atoms in total. The van der Waals surface area contributed by atoms with Gasteiger partial charge in [0, 0.05) is 28.6 Å². The van der Waals surface area contributed by atoms with Crippen molar-refractivity contribution in [2.45, 2.75) is 32.5 Å². The highest BCUT2D eigenvalue weighted by Crippen LogP contribution is 2.46. The van der Waals surface area contributed by atoms with E-state index in [0.29, 0.717) is 23.6 Å². The van der Waals surface area contributed by atoms with E-state index in [0.717, 1.165) is 38.9 Å². The third-order valence-corrected chi connectivity index (χ3v) is 8.06. The number of para-hydroxylation sites is 1. The number of H-pyrrole nitrogens is 1. The molecule has 0 radical (unpaired) electrons. The molecule has 41 heavy (non-hydrogen) atoms. The Bertz CT molecular complexity index is 1810. The van der Waals surface area contributed by atoms with Gasteiger partial charge in [0.2, 0.25) is 12.7 Å². The molecule has 0 spiro atoms. The fourth-order valence-electron chi connectivity index (χ4n) is 5.94. The molecule has 3 heterocycles. The van der Waals surface area contributed by atoms with Crippen molar-refractivity contribution in [3.05, 3.63) is 119 Å². The molecule has 0 saturated heterocycles. The molecule has 0 bridgehead atoms. The average molecular weight is 544 g/mol. The molecule has 7 heteroatoms. The summed E-state index contributed by atoms with van der Waals surface area (Å²) in [6, 6.07) is 28.6. The van der Waals surface area contributed by atoms with E-state index in [2.05, 4.69) is 47.6 Å². The predicted octanol–water partition coefficient (Wildman–Crippen LogP) is 6.12. The van der Waals surface area contributed by atoms with E-state index < -0.39 is 12.1 Å². The van der Waals surface area contributed by atoms with Crippen LogP contribution in [0.3, 0.4) is 0 Å². The molecule has 0 aliphatic carbocycles. The zero-order chi connectivity index (χ0) is 28.1. The first-order valence-electron chi connectivity index (χ1n) is 13.7. The van der Waals surface area contributed by atoms with Crippen molar-refractivity contribution >= 4 is 22.7 Å². The van der Waals surface area contributed by atoms with Gasteiger partial charge in [-0.2, -0.15) is 0 Å². The largest absolute Gasteiger partial charge is 0.454 e. The number of aromatic amines is 1. The molecule has 2 N–H and O–H groups in total. The second-order valence-corrected chi connectivity index (χ2v) is 10.6. The molecule has 1 aromatic heterocycles. The summed E-state index contributed by atoms with van der Waals surface area (Å²) in [7, 11) is 0. The lowest BCUT2D eigenvalue weighted by molar-refractivity contribution is -0.125. The minimum absolute atomic E-state index is 0.156. The Morgan fingerprint density at radius 3 is 2.59 bits per heavy atom. The summed E-state index contributed by atoms with van der Waals surface area (Å²) in [5.41, 5.74) is 7.51. The van der Waals surface area contributed by atoms with Crippen LogP contribution in [0.4, 0.5) is 0 Å². The van der Waals surface area contributed by atoms with Crippen LogP contribution in [-0.4, -0.2) is 34.5 Å². The van der Waals surface area contributed by atoms with Crippen LogP contribution in [-0.2, 0) is 11.3 Å². The maximum atomic E-state index is 14.0. The molecule has 204 valence electrons. The van der Waals surface area contributed by atoms with Crippen LogP contribution in [0.5, 0.6) is 11.5 Å². The third-order valence-electron chi connectivity index (χ3n) is 8.06. The zero-order valence-corrected chi connectivity index (χ0v) is 22.8. The number of hydrogen-bond acceptors (Lipinski definition) is 4. The van der Waals surface area contributed by atoms with Gasteiger partial charge in [-0.15, -0.1) is 0 Å². The van der Waals surface area contributed by atoms with E-state index >= 15 is 0 Å². The SMILES string of the molecule is Cc1ccc(-c2[nH]c3ccccc3c2[C@@H]2c3ccccc3C(=O)N2[C@@H](C)C(=O)NCc2ccc3c(c2)OCO3)cc1. The minimum Gasteiger partial charge on any atom is -0.454 e. The number of amides is 2. The van der Waals surface area contributed by atoms with E-state index in [1.165, 1.54) is 5.56 Å². The molecule has 0 fully saturated rings. The van der Waals surface area contributed by atoms with Crippen LogP contribution in [0.25, 0.3) is 22.2 Å². The zero-order valence-electron chi connectivity index (χ0n) is 22.8. The second-order valence-electron chi connectivity index (χ2n) is 10.6. The number of nitrogens with one attached hydrogen (secondary N) is 2. The predicted molar refractivity (Wildman–Crippen MR) is 157 cm³/mol. The number of nitrogens with zero attached hydrogens (tertiary/aromatic N) is 1. The van der Waals surface area contributed by atoms with E-state index in [1.807, 2.05) is 60.7 Å². The highest BCUT2D eigenvalue weighted by atomic mass is 16.7. The van der Waals surface area contributed by atoms with Crippen molar-refractivity contribution in [2.24, 2.45) is 0 Å². The van der Waals surface area contributed by atoms with Crippen LogP contribution in [0.1, 0.15) is 45.6 Å². The number of carbonyl (C=O) groups is 2. The Balaban J connectivity index is 1.28. The molecule has 0 unspecified atom stereocenters. The Morgan fingerprint density at radius 1 is 0.976 bits per heavy atom. The Labute approximate surface area is 237 Å². The molecule has 5 aromatic rings. The molecular weight excluding hydrogens is 514 g/mol. The van der Waals surface area contributed by atoms with Gasteiger partial charge in [-0.25, -0.2) is 0 Å². The van der Waals surface area contributed by atoms with Crippen LogP contribution in [0, 0.1) is 6.92 Å². The van der Waals surface area contributed by atoms with Gasteiger partial charge in [-0.3, -0.25) is 9.59 Å². The van der Waals surface area contributed by atoms with Gasteiger partial charge in [0.15, 0.2) is 11.5 Å². The third kappa shape index (κ3) is 4.21. The van der Waals surface area contributed by atoms with Crippen molar-refractivity contribution < 1.29 is 19.1 Å². The normalized spacial score (nSPS) is 16.2. The lowest BCUT2D eigenvalue weighted by Crippen LogP contribution is -2.46. The highest BCUT2D eigenvalue weighted by Gasteiger charge is 2.44. The molecule has 2 amide bonds. The first kappa shape index (κ1) is 25.0. The highest BCUT2D eigenvalue weighted by molar-refractivity contribution is 6.04. The minimum atomic E-state index is -0.728. The van der Waals surface area contributed by atoms with Gasteiger partial charge in [0.05, 0.1) is 11.7 Å². The Hall–Kier alpha value is -5.04. The standard InChI is InChI=1S/C34H29N3O4/c1-20-11-14-23(15-12-20)31-30(26-9-5-6-10-27(26)36-31)32-24-7-3-4-8-25(24)34(39)37(32)21(2)33(38)35-18-22-13-16-28-29(17-22)41-19-40-28/h3-17,21,32,36H,18-19H2,1-2H3,(H,35,38)/t21-,32-/m0/s1. The number of rotatable bonds is 6. The van der Waals surface area contributed by atoms with E-state index in [4.69, 9.17) is 9.47 Å². The maximum absolute atomic E-state index is 14.0. The monoisotopic (exact) mass is 543 g/mol. The quantitative estimate of drug-likeness (QED) is 0.270. The molecule has 2 aliphatic heterocycles. The van der Waals surface area contributed by atoms with Crippen LogP contribution < -0.4 is 14.8 Å². The van der Waals surface area contributed by atoms with Crippen molar-refractivity contribution in [1.82, 2.24) is 15.2 Å². The van der Waals surface area contributed by atoms with Gasteiger partial charge in [0.1, 0.15) is 6.04 Å². The fraction of sp³-hybridized carbons (Fsp3) is 0.176. The molecule has 2 atom stereocenters. The summed E-state index contributed by atoms with van der Waals surface area (Å²) in [4.78, 5) is 33.0. The Kier molecular flexibility index (Phi) is 6.00. The van der Waals surface area contributed by atoms with Crippen LogP contribution in [0.2, 0.25) is 0 Å². The maximum Gasteiger partial charge on any atom is 0.255 e. The summed E-state index contributed by atoms with van der Waals surface area (Å²) in [5, 5.41) is 4.06. The van der Waals surface area contributed by atoms with E-state index in [9.17, 15) is 9.59 Å². The summed E-state index contributed by atoms with van der Waals surface area (Å²) in [6.45, 7) is 4.36. The van der Waals surface area contributed by atoms with Crippen molar-refractivity contribution in [3.8, 4) is 22.8 Å². The second kappa shape index (κ2) is 9.86. The number of aryl methyl sites for hydroxylation is 1. The van der Waals surface area contributed by atoms with Gasteiger partial charge in [0.25, 0.3) is 5.91 Å². The van der Waals surface area contributed by atoms with Crippen LogP contribution in [0.15, 0.2) is 91.0 Å². The molecule has 4 aromatic carbocycles. The summed E-state index contributed by atoms with van der Waals surface area (Å²) < 4.78 is 10.9. The summed E-state index contributed by atoms with van der Waals surface area (Å²) in [5.74, 6) is 0.972. The molecule has 0 saturated carbocycles. The lowest BCUT2D eigenvalue weighted by Gasteiger charge is -2.31. The number of benzene rings is 4. The van der Waals surface area contributed by atoms with Crippen molar-refractivity contribution in [1.29, 1.82) is 0 Å². The van der Waals surface area contributed by atoms with Gasteiger partial charge >= 0.3 is 0 Å². The van der Waals surface area contributed by atoms with E-state index in [-0.39, 0.29) is 18.6 Å². The summed E-state index contributed by atoms with van der Waals surface area (Å²) >= 11 is 0. The first-order chi connectivity index (χ1) is 20.0. The number of carbonyl (C=O) groups excluding carboxylic acids is 2. The summed E-state index contributed by atoms with van der Waals surface area (Å²) in [6.07, 6.45) is 0. The van der Waals surface area contributed by atoms with E-state index in [1.54, 1.807) is 11.8 Å². The lowest BCUT2D eigenvalue weighted by atomic mass is 9.92. The number of hydrogen-bond donors (Lipinski definition) is 2. The molecule has 7 rings (SSSR count). The molecule has 2 aliphatic rings.